The van der Waals surface area contributed by atoms with Crippen molar-refractivity contribution in [2.75, 3.05) is 11.1 Å². The number of anilines is 2. The normalized spacial score (nSPS) is 11.8. The van der Waals surface area contributed by atoms with Crippen LogP contribution in [0, 0.1) is 11.3 Å². The van der Waals surface area contributed by atoms with Gasteiger partial charge in [0.05, 0.1) is 23.0 Å². The van der Waals surface area contributed by atoms with Crippen LogP contribution in [0.5, 0.6) is 0 Å². The summed E-state index contributed by atoms with van der Waals surface area (Å²) < 4.78 is 0. The van der Waals surface area contributed by atoms with E-state index in [2.05, 4.69) is 29.8 Å². The molecule has 0 bridgehead atoms. The molecule has 0 aliphatic heterocycles. The van der Waals surface area contributed by atoms with Gasteiger partial charge in [0.1, 0.15) is 6.07 Å². The molecule has 2 rings (SSSR count). The molecule has 1 aromatic heterocycles. The van der Waals surface area contributed by atoms with E-state index in [-0.39, 0.29) is 6.04 Å². The molecule has 92 valence electrons. The fourth-order valence-corrected chi connectivity index (χ4v) is 2.70. The summed E-state index contributed by atoms with van der Waals surface area (Å²) in [5.74, 6) is 0. The minimum Gasteiger partial charge on any atom is -0.396 e. The smallest absolute Gasteiger partial charge is 0.101 e. The minimum atomic E-state index is 0.237. The van der Waals surface area contributed by atoms with Crippen LogP contribution < -0.4 is 11.1 Å². The highest BCUT2D eigenvalue weighted by atomic mass is 32.1. The Morgan fingerprint density at radius 3 is 2.83 bits per heavy atom. The third-order valence-electron chi connectivity index (χ3n) is 2.85. The van der Waals surface area contributed by atoms with E-state index in [4.69, 9.17) is 11.0 Å². The molecule has 1 heterocycles. The number of hydrogen-bond acceptors (Lipinski definition) is 4. The van der Waals surface area contributed by atoms with Gasteiger partial charge in [0, 0.05) is 4.88 Å². The number of hydrogen-bond donors (Lipinski definition) is 2. The number of nitrogens with zero attached hydrogens (tertiary/aromatic N) is 1. The van der Waals surface area contributed by atoms with Crippen LogP contribution in [-0.4, -0.2) is 0 Å². The molecule has 1 atom stereocenters. The molecule has 0 spiro atoms. The van der Waals surface area contributed by atoms with Crippen molar-refractivity contribution in [3.63, 3.8) is 0 Å². The number of nitrogens with one attached hydrogen (secondary N) is 1. The Bertz CT molecular complexity index is 555. The van der Waals surface area contributed by atoms with E-state index >= 15 is 0 Å². The highest BCUT2D eigenvalue weighted by Gasteiger charge is 2.12. The molecular formula is C14H15N3S. The Labute approximate surface area is 111 Å². The third kappa shape index (κ3) is 2.47. The minimum absolute atomic E-state index is 0.237. The molecule has 2 aromatic rings. The van der Waals surface area contributed by atoms with Crippen molar-refractivity contribution < 1.29 is 0 Å². The lowest BCUT2D eigenvalue weighted by molar-refractivity contribution is 0.764. The first-order valence-electron chi connectivity index (χ1n) is 5.84. The Morgan fingerprint density at radius 2 is 2.22 bits per heavy atom. The second kappa shape index (κ2) is 5.56. The van der Waals surface area contributed by atoms with Crippen molar-refractivity contribution in [2.45, 2.75) is 19.4 Å². The van der Waals surface area contributed by atoms with Crippen LogP contribution in [-0.2, 0) is 0 Å². The summed E-state index contributed by atoms with van der Waals surface area (Å²) in [5, 5.41) is 14.4. The molecule has 1 unspecified atom stereocenters. The number of nitrogen functional groups attached to an aromatic ring is 1. The van der Waals surface area contributed by atoms with Crippen molar-refractivity contribution in [1.29, 1.82) is 5.26 Å². The van der Waals surface area contributed by atoms with Gasteiger partial charge in [0.15, 0.2) is 0 Å². The molecule has 0 saturated carbocycles. The zero-order valence-corrected chi connectivity index (χ0v) is 11.0. The number of nitrogens with two attached hydrogens (primary N) is 1. The highest BCUT2D eigenvalue weighted by Crippen LogP contribution is 2.30. The Hall–Kier alpha value is -1.99. The van der Waals surface area contributed by atoms with Crippen molar-refractivity contribution >= 4 is 22.7 Å². The van der Waals surface area contributed by atoms with Gasteiger partial charge in [-0.15, -0.1) is 11.3 Å². The Balaban J connectivity index is 2.26. The third-order valence-corrected chi connectivity index (χ3v) is 3.84. The lowest BCUT2D eigenvalue weighted by Gasteiger charge is -2.18. The predicted molar refractivity (Wildman–Crippen MR) is 76.5 cm³/mol. The Morgan fingerprint density at radius 1 is 1.39 bits per heavy atom. The van der Waals surface area contributed by atoms with Gasteiger partial charge in [-0.2, -0.15) is 5.26 Å². The molecule has 18 heavy (non-hydrogen) atoms. The van der Waals surface area contributed by atoms with Crippen molar-refractivity contribution in [3.8, 4) is 6.07 Å². The standard InChI is InChI=1S/C14H15N3S/c1-2-11(13-7-4-8-18-13)17-12-6-3-5-10(9-15)14(12)16/h3-8,11,17H,2,16H2,1H3. The number of nitriles is 1. The summed E-state index contributed by atoms with van der Waals surface area (Å²) in [6, 6.07) is 12.0. The molecule has 0 saturated heterocycles. The number of para-hydroxylation sites is 1. The molecule has 0 amide bonds. The van der Waals surface area contributed by atoms with Gasteiger partial charge in [0.25, 0.3) is 0 Å². The van der Waals surface area contributed by atoms with E-state index in [9.17, 15) is 0 Å². The maximum absolute atomic E-state index is 8.96. The number of benzene rings is 1. The molecule has 3 N–H and O–H groups in total. The van der Waals surface area contributed by atoms with Crippen LogP contribution in [0.3, 0.4) is 0 Å². The lowest BCUT2D eigenvalue weighted by atomic mass is 10.1. The van der Waals surface area contributed by atoms with Gasteiger partial charge in [-0.3, -0.25) is 0 Å². The van der Waals surface area contributed by atoms with E-state index < -0.39 is 0 Å². The van der Waals surface area contributed by atoms with E-state index in [1.807, 2.05) is 18.2 Å². The molecule has 0 aliphatic carbocycles. The second-order valence-electron chi connectivity index (χ2n) is 4.00. The summed E-state index contributed by atoms with van der Waals surface area (Å²) in [4.78, 5) is 1.28. The van der Waals surface area contributed by atoms with Crippen molar-refractivity contribution in [2.24, 2.45) is 0 Å². The maximum Gasteiger partial charge on any atom is 0.101 e. The van der Waals surface area contributed by atoms with E-state index in [0.717, 1.165) is 12.1 Å². The maximum atomic E-state index is 8.96. The van der Waals surface area contributed by atoms with Crippen molar-refractivity contribution in [3.05, 3.63) is 46.2 Å². The summed E-state index contributed by atoms with van der Waals surface area (Å²) in [5.41, 5.74) is 7.83. The number of thiophene rings is 1. The molecule has 4 heteroatoms. The SMILES string of the molecule is CCC(Nc1cccc(C#N)c1N)c1cccs1. The quantitative estimate of drug-likeness (QED) is 0.820. The fraction of sp³-hybridized carbons (Fsp3) is 0.214. The monoisotopic (exact) mass is 257 g/mol. The first kappa shape index (κ1) is 12.5. The Kier molecular flexibility index (Phi) is 3.85. The fourth-order valence-electron chi connectivity index (χ4n) is 1.84. The first-order chi connectivity index (χ1) is 8.76. The molecule has 3 nitrogen and oxygen atoms in total. The summed E-state index contributed by atoms with van der Waals surface area (Å²) >= 11 is 1.72. The summed E-state index contributed by atoms with van der Waals surface area (Å²) in [7, 11) is 0. The van der Waals surface area contributed by atoms with Crippen LogP contribution >= 0.6 is 11.3 Å². The zero-order valence-electron chi connectivity index (χ0n) is 10.2. The van der Waals surface area contributed by atoms with Crippen LogP contribution in [0.4, 0.5) is 11.4 Å². The van der Waals surface area contributed by atoms with Gasteiger partial charge >= 0.3 is 0 Å². The summed E-state index contributed by atoms with van der Waals surface area (Å²) in [6.45, 7) is 2.13. The average Bonchev–Trinajstić information content (AvgIpc) is 2.91. The largest absolute Gasteiger partial charge is 0.396 e. The van der Waals surface area contributed by atoms with E-state index in [0.29, 0.717) is 11.3 Å². The lowest BCUT2D eigenvalue weighted by Crippen LogP contribution is -2.10. The van der Waals surface area contributed by atoms with Crippen LogP contribution in [0.2, 0.25) is 0 Å². The van der Waals surface area contributed by atoms with Gasteiger partial charge in [-0.1, -0.05) is 19.1 Å². The number of rotatable bonds is 4. The van der Waals surface area contributed by atoms with Gasteiger partial charge in [-0.25, -0.2) is 0 Å². The molecular weight excluding hydrogens is 242 g/mol. The van der Waals surface area contributed by atoms with Crippen LogP contribution in [0.25, 0.3) is 0 Å². The highest BCUT2D eigenvalue weighted by molar-refractivity contribution is 7.10. The van der Waals surface area contributed by atoms with Crippen molar-refractivity contribution in [1.82, 2.24) is 0 Å². The van der Waals surface area contributed by atoms with Crippen LogP contribution in [0.1, 0.15) is 29.8 Å². The van der Waals surface area contributed by atoms with Gasteiger partial charge < -0.3 is 11.1 Å². The van der Waals surface area contributed by atoms with Crippen LogP contribution in [0.15, 0.2) is 35.7 Å². The molecule has 0 aliphatic rings. The van der Waals surface area contributed by atoms with Gasteiger partial charge in [0.2, 0.25) is 0 Å². The topological polar surface area (TPSA) is 61.8 Å². The van der Waals surface area contributed by atoms with Gasteiger partial charge in [-0.05, 0) is 30.0 Å². The van der Waals surface area contributed by atoms with E-state index in [1.54, 1.807) is 17.4 Å². The molecule has 0 radical (unpaired) electrons. The molecule has 0 fully saturated rings. The second-order valence-corrected chi connectivity index (χ2v) is 4.98. The predicted octanol–water partition coefficient (Wildman–Crippen LogP) is 3.77. The zero-order chi connectivity index (χ0) is 13.0. The molecule has 1 aromatic carbocycles. The first-order valence-corrected chi connectivity index (χ1v) is 6.72. The summed E-state index contributed by atoms with van der Waals surface area (Å²) in [6.07, 6.45) is 0.969. The van der Waals surface area contributed by atoms with E-state index in [1.165, 1.54) is 4.88 Å². The average molecular weight is 257 g/mol.